The van der Waals surface area contributed by atoms with Gasteiger partial charge in [-0.05, 0) is 76.7 Å². The van der Waals surface area contributed by atoms with E-state index in [1.54, 1.807) is 48.5 Å². The molecule has 1 aliphatic carbocycles. The van der Waals surface area contributed by atoms with E-state index in [1.807, 2.05) is 30.4 Å². The van der Waals surface area contributed by atoms with Crippen molar-refractivity contribution in [1.82, 2.24) is 0 Å². The average molecular weight is 438 g/mol. The van der Waals surface area contributed by atoms with Gasteiger partial charge >= 0.3 is 0 Å². The molecule has 5 rings (SSSR count). The standard InChI is InChI=1S/C28H22O5/c29-20-7-3-16(4-8-20)1-2-17-11-24-27-19(13-22(31)15-26(27)33)14-23(28(24)25(32)12-17)18-5-9-21(30)10-6-18/h1-13,15,23,29-33H,14H2/b2-1+. The van der Waals surface area contributed by atoms with Crippen LogP contribution in [0.3, 0.4) is 0 Å². The van der Waals surface area contributed by atoms with Gasteiger partial charge in [0.25, 0.3) is 0 Å². The first-order chi connectivity index (χ1) is 15.9. The van der Waals surface area contributed by atoms with E-state index in [1.165, 1.54) is 6.07 Å². The Kier molecular flexibility index (Phi) is 4.94. The maximum absolute atomic E-state index is 11.1. The Morgan fingerprint density at radius 2 is 1.24 bits per heavy atom. The van der Waals surface area contributed by atoms with Crippen molar-refractivity contribution in [3.8, 4) is 39.9 Å². The lowest BCUT2D eigenvalue weighted by Gasteiger charge is -2.30. The van der Waals surface area contributed by atoms with Gasteiger partial charge in [-0.1, -0.05) is 36.4 Å². The Hall–Kier alpha value is -4.38. The minimum absolute atomic E-state index is 0.0215. The maximum atomic E-state index is 11.1. The quantitative estimate of drug-likeness (QED) is 0.263. The average Bonchev–Trinajstić information content (AvgIpc) is 2.78. The van der Waals surface area contributed by atoms with Crippen LogP contribution in [0, 0.1) is 0 Å². The second-order valence-electron chi connectivity index (χ2n) is 8.27. The molecule has 5 N–H and O–H groups in total. The van der Waals surface area contributed by atoms with Crippen molar-refractivity contribution in [3.63, 3.8) is 0 Å². The lowest BCUT2D eigenvalue weighted by atomic mass is 9.74. The van der Waals surface area contributed by atoms with Crippen LogP contribution in [0.15, 0.2) is 72.8 Å². The van der Waals surface area contributed by atoms with Gasteiger partial charge in [-0.15, -0.1) is 0 Å². The van der Waals surface area contributed by atoms with Gasteiger partial charge in [0.2, 0.25) is 0 Å². The number of phenols is 5. The van der Waals surface area contributed by atoms with Crippen LogP contribution in [0.1, 0.15) is 33.7 Å². The Labute approximate surface area is 190 Å². The van der Waals surface area contributed by atoms with E-state index in [0.717, 1.165) is 22.3 Å². The molecule has 0 spiro atoms. The zero-order valence-electron chi connectivity index (χ0n) is 17.6. The highest BCUT2D eigenvalue weighted by Gasteiger charge is 2.31. The fraction of sp³-hybridized carbons (Fsp3) is 0.0714. The lowest BCUT2D eigenvalue weighted by molar-refractivity contribution is 0.448. The summed E-state index contributed by atoms with van der Waals surface area (Å²) in [7, 11) is 0. The third kappa shape index (κ3) is 3.85. The molecule has 5 nitrogen and oxygen atoms in total. The zero-order valence-corrected chi connectivity index (χ0v) is 17.6. The number of phenolic OH excluding ortho intramolecular Hbond substituents is 5. The molecule has 1 atom stereocenters. The van der Waals surface area contributed by atoms with Gasteiger partial charge in [-0.3, -0.25) is 0 Å². The van der Waals surface area contributed by atoms with E-state index >= 15 is 0 Å². The maximum Gasteiger partial charge on any atom is 0.127 e. The van der Waals surface area contributed by atoms with Gasteiger partial charge in [0.15, 0.2) is 0 Å². The van der Waals surface area contributed by atoms with Crippen LogP contribution < -0.4 is 0 Å². The fourth-order valence-electron chi connectivity index (χ4n) is 4.56. The third-order valence-electron chi connectivity index (χ3n) is 6.06. The topological polar surface area (TPSA) is 101 Å². The predicted octanol–water partition coefficient (Wildman–Crippen LogP) is 5.74. The summed E-state index contributed by atoms with van der Waals surface area (Å²) in [5.41, 5.74) is 5.28. The highest BCUT2D eigenvalue weighted by atomic mass is 16.3. The largest absolute Gasteiger partial charge is 0.508 e. The second kappa shape index (κ2) is 7.95. The van der Waals surface area contributed by atoms with Crippen molar-refractivity contribution in [2.75, 3.05) is 0 Å². The molecule has 0 radical (unpaired) electrons. The molecule has 1 unspecified atom stereocenters. The molecular formula is C28H22O5. The summed E-state index contributed by atoms with van der Waals surface area (Å²) < 4.78 is 0. The monoisotopic (exact) mass is 438 g/mol. The van der Waals surface area contributed by atoms with Crippen molar-refractivity contribution in [2.24, 2.45) is 0 Å². The first-order valence-electron chi connectivity index (χ1n) is 10.6. The number of fused-ring (bicyclic) bond motifs is 3. The van der Waals surface area contributed by atoms with Gasteiger partial charge in [-0.2, -0.15) is 0 Å². The normalized spacial score (nSPS) is 14.7. The van der Waals surface area contributed by atoms with E-state index in [4.69, 9.17) is 0 Å². The Balaban J connectivity index is 1.66. The summed E-state index contributed by atoms with van der Waals surface area (Å²) in [6.07, 6.45) is 4.21. The zero-order chi connectivity index (χ0) is 23.1. The second-order valence-corrected chi connectivity index (χ2v) is 8.27. The van der Waals surface area contributed by atoms with Crippen molar-refractivity contribution >= 4 is 12.2 Å². The molecular weight excluding hydrogens is 416 g/mol. The number of rotatable bonds is 3. The molecule has 0 fully saturated rings. The lowest BCUT2D eigenvalue weighted by Crippen LogP contribution is -2.13. The van der Waals surface area contributed by atoms with Gasteiger partial charge in [-0.25, -0.2) is 0 Å². The van der Waals surface area contributed by atoms with Crippen molar-refractivity contribution < 1.29 is 25.5 Å². The first-order valence-corrected chi connectivity index (χ1v) is 10.6. The molecule has 1 aliphatic rings. The molecule has 4 aromatic rings. The van der Waals surface area contributed by atoms with Crippen LogP contribution in [0.5, 0.6) is 28.7 Å². The molecule has 5 heteroatoms. The van der Waals surface area contributed by atoms with Crippen LogP contribution >= 0.6 is 0 Å². The number of aromatic hydroxyl groups is 5. The molecule has 0 heterocycles. The Morgan fingerprint density at radius 3 is 1.94 bits per heavy atom. The summed E-state index contributed by atoms with van der Waals surface area (Å²) in [6.45, 7) is 0. The number of hydrogen-bond donors (Lipinski definition) is 5. The van der Waals surface area contributed by atoms with Gasteiger partial charge in [0.1, 0.15) is 28.7 Å². The van der Waals surface area contributed by atoms with E-state index in [0.29, 0.717) is 23.1 Å². The van der Waals surface area contributed by atoms with Crippen LogP contribution in [0.2, 0.25) is 0 Å². The minimum atomic E-state index is -0.218. The predicted molar refractivity (Wildman–Crippen MR) is 128 cm³/mol. The first kappa shape index (κ1) is 20.5. The molecule has 0 saturated heterocycles. The van der Waals surface area contributed by atoms with Gasteiger partial charge in [0.05, 0.1) is 0 Å². The summed E-state index contributed by atoms with van der Waals surface area (Å²) in [5.74, 6) is 0.165. The van der Waals surface area contributed by atoms with Gasteiger partial charge < -0.3 is 25.5 Å². The third-order valence-corrected chi connectivity index (χ3v) is 6.06. The van der Waals surface area contributed by atoms with Crippen LogP contribution in [-0.4, -0.2) is 25.5 Å². The highest BCUT2D eigenvalue weighted by Crippen LogP contribution is 2.51. The summed E-state index contributed by atoms with van der Waals surface area (Å²) in [6, 6.07) is 20.2. The van der Waals surface area contributed by atoms with E-state index in [-0.39, 0.29) is 34.7 Å². The molecule has 33 heavy (non-hydrogen) atoms. The van der Waals surface area contributed by atoms with Crippen molar-refractivity contribution in [3.05, 3.63) is 101 Å². The Bertz CT molecular complexity index is 1370. The number of hydrogen-bond acceptors (Lipinski definition) is 5. The molecule has 4 aromatic carbocycles. The summed E-state index contributed by atoms with van der Waals surface area (Å²) in [4.78, 5) is 0. The molecule has 0 aromatic heterocycles. The van der Waals surface area contributed by atoms with E-state index in [9.17, 15) is 25.5 Å². The minimum Gasteiger partial charge on any atom is -0.508 e. The fourth-order valence-corrected chi connectivity index (χ4v) is 4.56. The molecule has 164 valence electrons. The highest BCUT2D eigenvalue weighted by molar-refractivity contribution is 5.85. The SMILES string of the molecule is Oc1ccc(/C=C/c2cc(O)c3c(c2)-c2c(O)cc(O)cc2CC3c2ccc(O)cc2)cc1. The van der Waals surface area contributed by atoms with Gasteiger partial charge in [0, 0.05) is 23.1 Å². The molecule has 0 amide bonds. The Morgan fingerprint density at radius 1 is 0.606 bits per heavy atom. The van der Waals surface area contributed by atoms with E-state index in [2.05, 4.69) is 0 Å². The number of benzene rings is 4. The van der Waals surface area contributed by atoms with Crippen molar-refractivity contribution in [1.29, 1.82) is 0 Å². The van der Waals surface area contributed by atoms with Crippen molar-refractivity contribution in [2.45, 2.75) is 12.3 Å². The molecule has 0 bridgehead atoms. The molecule has 0 aliphatic heterocycles. The van der Waals surface area contributed by atoms with Crippen LogP contribution in [0.4, 0.5) is 0 Å². The van der Waals surface area contributed by atoms with Crippen LogP contribution in [-0.2, 0) is 6.42 Å². The van der Waals surface area contributed by atoms with E-state index < -0.39 is 0 Å². The van der Waals surface area contributed by atoms with Crippen LogP contribution in [0.25, 0.3) is 23.3 Å². The summed E-state index contributed by atoms with van der Waals surface area (Å²) >= 11 is 0. The smallest absolute Gasteiger partial charge is 0.127 e. The summed E-state index contributed by atoms with van der Waals surface area (Å²) in [5, 5.41) is 51.0. The molecule has 0 saturated carbocycles.